The van der Waals surface area contributed by atoms with Crippen molar-refractivity contribution in [1.82, 2.24) is 9.97 Å². The van der Waals surface area contributed by atoms with Crippen LogP contribution in [0.2, 0.25) is 0 Å². The molecule has 2 unspecified atom stereocenters. The normalized spacial score (nSPS) is 20.8. The zero-order valence-electron chi connectivity index (χ0n) is 12.5. The molecule has 1 fully saturated rings. The van der Waals surface area contributed by atoms with Crippen LogP contribution in [0.3, 0.4) is 0 Å². The van der Waals surface area contributed by atoms with E-state index in [1.807, 2.05) is 27.0 Å². The minimum absolute atomic E-state index is 0.204. The van der Waals surface area contributed by atoms with Crippen LogP contribution in [-0.2, 0) is 4.79 Å². The Kier molecular flexibility index (Phi) is 4.57. The number of carbonyl (C=O) groups is 1. The molecule has 1 aromatic heterocycles. The van der Waals surface area contributed by atoms with Crippen LogP contribution in [0.25, 0.3) is 0 Å². The van der Waals surface area contributed by atoms with E-state index in [4.69, 9.17) is 5.11 Å². The summed E-state index contributed by atoms with van der Waals surface area (Å²) < 4.78 is 0. The first-order valence-electron chi connectivity index (χ1n) is 7.24. The van der Waals surface area contributed by atoms with Gasteiger partial charge in [0.25, 0.3) is 0 Å². The third-order valence-corrected chi connectivity index (χ3v) is 4.26. The molecule has 0 amide bonds. The zero-order valence-corrected chi connectivity index (χ0v) is 12.5. The first-order valence-corrected chi connectivity index (χ1v) is 7.24. The summed E-state index contributed by atoms with van der Waals surface area (Å²) in [6.07, 6.45) is 4.26. The van der Waals surface area contributed by atoms with Crippen LogP contribution in [0, 0.1) is 25.7 Å². The van der Waals surface area contributed by atoms with Gasteiger partial charge in [-0.05, 0) is 38.5 Å². The summed E-state index contributed by atoms with van der Waals surface area (Å²) in [4.78, 5) is 22.1. The van der Waals surface area contributed by atoms with Gasteiger partial charge in [-0.25, -0.2) is 4.98 Å². The van der Waals surface area contributed by atoms with Gasteiger partial charge in [0, 0.05) is 19.5 Å². The molecule has 1 aliphatic rings. The molecule has 2 atom stereocenters. The molecular formula is C15H23N3O2. The summed E-state index contributed by atoms with van der Waals surface area (Å²) in [6, 6.07) is 0. The molecule has 5 nitrogen and oxygen atoms in total. The molecule has 0 saturated carbocycles. The van der Waals surface area contributed by atoms with E-state index in [2.05, 4.69) is 14.9 Å². The van der Waals surface area contributed by atoms with Gasteiger partial charge in [-0.1, -0.05) is 6.92 Å². The second-order valence-electron chi connectivity index (χ2n) is 5.82. The SMILES string of the molecule is Cc1ncc(N2CCCC(C(C)CC(=O)O)C2)nc1C. The molecule has 0 aromatic carbocycles. The molecule has 0 radical (unpaired) electrons. The maximum absolute atomic E-state index is 10.9. The Morgan fingerprint density at radius 1 is 1.50 bits per heavy atom. The van der Waals surface area contributed by atoms with E-state index in [0.29, 0.717) is 5.92 Å². The molecule has 1 aromatic rings. The van der Waals surface area contributed by atoms with Gasteiger partial charge in [-0.3, -0.25) is 9.78 Å². The molecule has 20 heavy (non-hydrogen) atoms. The number of aromatic nitrogens is 2. The van der Waals surface area contributed by atoms with E-state index in [9.17, 15) is 4.79 Å². The maximum atomic E-state index is 10.9. The van der Waals surface area contributed by atoms with E-state index in [1.165, 1.54) is 0 Å². The van der Waals surface area contributed by atoms with Crippen molar-refractivity contribution in [3.05, 3.63) is 17.6 Å². The van der Waals surface area contributed by atoms with Crippen LogP contribution >= 0.6 is 0 Å². The third-order valence-electron chi connectivity index (χ3n) is 4.26. The number of hydrogen-bond acceptors (Lipinski definition) is 4. The van der Waals surface area contributed by atoms with Crippen LogP contribution in [0.4, 0.5) is 5.82 Å². The number of rotatable bonds is 4. The van der Waals surface area contributed by atoms with E-state index in [0.717, 1.165) is 43.1 Å². The summed E-state index contributed by atoms with van der Waals surface area (Å²) in [5.41, 5.74) is 1.92. The number of carboxylic acids is 1. The van der Waals surface area contributed by atoms with Gasteiger partial charge in [0.15, 0.2) is 0 Å². The zero-order chi connectivity index (χ0) is 14.7. The van der Waals surface area contributed by atoms with Crippen molar-refractivity contribution >= 4 is 11.8 Å². The van der Waals surface area contributed by atoms with Crippen molar-refractivity contribution in [2.45, 2.75) is 40.0 Å². The standard InChI is InChI=1S/C15H23N3O2/c1-10(7-15(19)20)13-5-4-6-18(9-13)14-8-16-11(2)12(3)17-14/h8,10,13H,4-7,9H2,1-3H3,(H,19,20). The molecule has 0 aliphatic carbocycles. The quantitative estimate of drug-likeness (QED) is 0.915. The monoisotopic (exact) mass is 277 g/mol. The summed E-state index contributed by atoms with van der Waals surface area (Å²) in [7, 11) is 0. The smallest absolute Gasteiger partial charge is 0.303 e. The van der Waals surface area contributed by atoms with Crippen molar-refractivity contribution in [3.8, 4) is 0 Å². The fourth-order valence-corrected chi connectivity index (χ4v) is 2.81. The van der Waals surface area contributed by atoms with Crippen molar-refractivity contribution in [2.24, 2.45) is 11.8 Å². The lowest BCUT2D eigenvalue weighted by Crippen LogP contribution is -2.39. The van der Waals surface area contributed by atoms with Gasteiger partial charge >= 0.3 is 5.97 Å². The summed E-state index contributed by atoms with van der Waals surface area (Å²) in [6.45, 7) is 7.83. The lowest BCUT2D eigenvalue weighted by Gasteiger charge is -2.36. The number of piperidine rings is 1. The minimum Gasteiger partial charge on any atom is -0.481 e. The summed E-state index contributed by atoms with van der Waals surface area (Å²) >= 11 is 0. The summed E-state index contributed by atoms with van der Waals surface area (Å²) in [5.74, 6) is 0.832. The number of nitrogens with zero attached hydrogens (tertiary/aromatic N) is 3. The van der Waals surface area contributed by atoms with Crippen LogP contribution in [0.1, 0.15) is 37.6 Å². The van der Waals surface area contributed by atoms with Crippen LogP contribution < -0.4 is 4.90 Å². The number of anilines is 1. The van der Waals surface area contributed by atoms with Gasteiger partial charge in [0.05, 0.1) is 17.6 Å². The topological polar surface area (TPSA) is 66.3 Å². The fourth-order valence-electron chi connectivity index (χ4n) is 2.81. The van der Waals surface area contributed by atoms with E-state index in [1.54, 1.807) is 0 Å². The number of hydrogen-bond donors (Lipinski definition) is 1. The van der Waals surface area contributed by atoms with Gasteiger partial charge in [-0.15, -0.1) is 0 Å². The number of carboxylic acid groups (broad SMARTS) is 1. The molecule has 2 heterocycles. The van der Waals surface area contributed by atoms with Gasteiger partial charge in [-0.2, -0.15) is 0 Å². The molecule has 2 rings (SSSR count). The Morgan fingerprint density at radius 3 is 2.90 bits per heavy atom. The molecule has 1 saturated heterocycles. The number of aryl methyl sites for hydroxylation is 2. The summed E-state index contributed by atoms with van der Waals surface area (Å²) in [5, 5.41) is 8.93. The Morgan fingerprint density at radius 2 is 2.25 bits per heavy atom. The van der Waals surface area contributed by atoms with Crippen molar-refractivity contribution < 1.29 is 9.90 Å². The molecule has 110 valence electrons. The highest BCUT2D eigenvalue weighted by atomic mass is 16.4. The highest BCUT2D eigenvalue weighted by Crippen LogP contribution is 2.28. The second-order valence-corrected chi connectivity index (χ2v) is 5.82. The minimum atomic E-state index is -0.708. The lowest BCUT2D eigenvalue weighted by atomic mass is 9.85. The Labute approximate surface area is 120 Å². The molecule has 0 bridgehead atoms. The van der Waals surface area contributed by atoms with E-state index in [-0.39, 0.29) is 12.3 Å². The van der Waals surface area contributed by atoms with Crippen LogP contribution in [0.15, 0.2) is 6.20 Å². The van der Waals surface area contributed by atoms with E-state index < -0.39 is 5.97 Å². The van der Waals surface area contributed by atoms with Crippen molar-refractivity contribution in [1.29, 1.82) is 0 Å². The first-order chi connectivity index (χ1) is 9.47. The lowest BCUT2D eigenvalue weighted by molar-refractivity contribution is -0.138. The van der Waals surface area contributed by atoms with Gasteiger partial charge < -0.3 is 10.0 Å². The van der Waals surface area contributed by atoms with Crippen LogP contribution in [-0.4, -0.2) is 34.1 Å². The molecular weight excluding hydrogens is 254 g/mol. The number of aliphatic carboxylic acids is 1. The third kappa shape index (κ3) is 3.46. The Hall–Kier alpha value is -1.65. The molecule has 0 spiro atoms. The average Bonchev–Trinajstić information content (AvgIpc) is 2.41. The molecule has 1 N–H and O–H groups in total. The van der Waals surface area contributed by atoms with Crippen molar-refractivity contribution in [3.63, 3.8) is 0 Å². The van der Waals surface area contributed by atoms with Gasteiger partial charge in [0.2, 0.25) is 0 Å². The van der Waals surface area contributed by atoms with Crippen molar-refractivity contribution in [2.75, 3.05) is 18.0 Å². The highest BCUT2D eigenvalue weighted by molar-refractivity contribution is 5.67. The predicted molar refractivity (Wildman–Crippen MR) is 77.9 cm³/mol. The highest BCUT2D eigenvalue weighted by Gasteiger charge is 2.26. The largest absolute Gasteiger partial charge is 0.481 e. The van der Waals surface area contributed by atoms with Gasteiger partial charge in [0.1, 0.15) is 5.82 Å². The van der Waals surface area contributed by atoms with E-state index >= 15 is 0 Å². The fraction of sp³-hybridized carbons (Fsp3) is 0.667. The molecule has 1 aliphatic heterocycles. The maximum Gasteiger partial charge on any atom is 0.303 e. The average molecular weight is 277 g/mol. The second kappa shape index (κ2) is 6.20. The Balaban J connectivity index is 2.06. The first kappa shape index (κ1) is 14.8. The van der Waals surface area contributed by atoms with Crippen LogP contribution in [0.5, 0.6) is 0 Å². The predicted octanol–water partition coefficient (Wildman–Crippen LogP) is 2.42. The Bertz CT molecular complexity index is 490. The molecule has 5 heteroatoms.